The van der Waals surface area contributed by atoms with Crippen molar-refractivity contribution in [2.75, 3.05) is 5.75 Å². The first-order valence-corrected chi connectivity index (χ1v) is 6.33. The van der Waals surface area contributed by atoms with Crippen molar-refractivity contribution in [2.24, 2.45) is 0 Å². The predicted octanol–water partition coefficient (Wildman–Crippen LogP) is 4.05. The number of thioether (sulfide) groups is 1. The van der Waals surface area contributed by atoms with Crippen LogP contribution in [0.4, 0.5) is 0 Å². The van der Waals surface area contributed by atoms with Crippen molar-refractivity contribution in [2.45, 2.75) is 19.1 Å². The van der Waals surface area contributed by atoms with Gasteiger partial charge in [0.05, 0.1) is 5.52 Å². The van der Waals surface area contributed by atoms with Crippen molar-refractivity contribution in [1.82, 2.24) is 4.98 Å². The average molecular weight is 217 g/mol. The van der Waals surface area contributed by atoms with Gasteiger partial charge in [0, 0.05) is 16.8 Å². The number of hydrogen-bond donors (Lipinski definition) is 0. The minimum atomic E-state index is 0.544. The topological polar surface area (TPSA) is 12.9 Å². The van der Waals surface area contributed by atoms with Crippen molar-refractivity contribution in [1.29, 1.82) is 0 Å². The Labute approximate surface area is 94.9 Å². The summed E-state index contributed by atoms with van der Waals surface area (Å²) in [5, 5.41) is 1.83. The van der Waals surface area contributed by atoms with Crippen LogP contribution in [0.2, 0.25) is 0 Å². The van der Waals surface area contributed by atoms with E-state index in [9.17, 15) is 0 Å². The van der Waals surface area contributed by atoms with E-state index in [0.717, 1.165) is 11.3 Å². The molecule has 78 valence electrons. The van der Waals surface area contributed by atoms with E-state index in [4.69, 9.17) is 0 Å². The quantitative estimate of drug-likeness (QED) is 0.769. The molecule has 0 aliphatic carbocycles. The molecule has 1 heterocycles. The van der Waals surface area contributed by atoms with Gasteiger partial charge in [-0.3, -0.25) is 4.98 Å². The molecule has 1 aromatic carbocycles. The van der Waals surface area contributed by atoms with Crippen LogP contribution in [0.5, 0.6) is 0 Å². The van der Waals surface area contributed by atoms with Gasteiger partial charge in [0.1, 0.15) is 0 Å². The van der Waals surface area contributed by atoms with Crippen molar-refractivity contribution >= 4 is 22.7 Å². The highest BCUT2D eigenvalue weighted by Crippen LogP contribution is 2.32. The van der Waals surface area contributed by atoms with Crippen LogP contribution in [-0.2, 0) is 0 Å². The van der Waals surface area contributed by atoms with Gasteiger partial charge in [-0.25, -0.2) is 0 Å². The fourth-order valence-corrected chi connectivity index (χ4v) is 2.71. The molecule has 2 heteroatoms. The molecule has 0 amide bonds. The molecule has 0 bridgehead atoms. The van der Waals surface area contributed by atoms with E-state index in [1.54, 1.807) is 0 Å². The van der Waals surface area contributed by atoms with Crippen LogP contribution in [0, 0.1) is 0 Å². The predicted molar refractivity (Wildman–Crippen MR) is 68.3 cm³/mol. The summed E-state index contributed by atoms with van der Waals surface area (Å²) in [6.07, 6.45) is 1.85. The number of aromatic nitrogens is 1. The molecular formula is C13H15NS. The van der Waals surface area contributed by atoms with Crippen molar-refractivity contribution in [3.05, 3.63) is 42.1 Å². The highest BCUT2D eigenvalue weighted by Gasteiger charge is 2.08. The van der Waals surface area contributed by atoms with Gasteiger partial charge in [-0.05, 0) is 30.4 Å². The molecule has 0 spiro atoms. The van der Waals surface area contributed by atoms with Crippen LogP contribution in [0.15, 0.2) is 36.5 Å². The second kappa shape index (κ2) is 4.67. The van der Waals surface area contributed by atoms with Crippen LogP contribution < -0.4 is 0 Å². The van der Waals surface area contributed by atoms with Gasteiger partial charge in [0.25, 0.3) is 0 Å². The molecule has 0 saturated heterocycles. The summed E-state index contributed by atoms with van der Waals surface area (Å²) in [5.74, 6) is 1.15. The zero-order chi connectivity index (χ0) is 10.7. The van der Waals surface area contributed by atoms with E-state index in [1.165, 1.54) is 10.9 Å². The molecule has 1 aromatic heterocycles. The van der Waals surface area contributed by atoms with Gasteiger partial charge in [-0.2, -0.15) is 11.8 Å². The second-order valence-corrected chi connectivity index (χ2v) is 5.13. The number of hydrogen-bond acceptors (Lipinski definition) is 2. The van der Waals surface area contributed by atoms with E-state index >= 15 is 0 Å². The van der Waals surface area contributed by atoms with Gasteiger partial charge < -0.3 is 0 Å². The largest absolute Gasteiger partial charge is 0.256 e. The number of fused-ring (bicyclic) bond motifs is 1. The minimum absolute atomic E-state index is 0.544. The summed E-state index contributed by atoms with van der Waals surface area (Å²) in [5.41, 5.74) is 2.49. The maximum absolute atomic E-state index is 4.38. The molecule has 2 aromatic rings. The molecule has 0 aliphatic rings. The van der Waals surface area contributed by atoms with Crippen molar-refractivity contribution in [3.63, 3.8) is 0 Å². The van der Waals surface area contributed by atoms with Crippen LogP contribution in [-0.4, -0.2) is 10.7 Å². The van der Waals surface area contributed by atoms with Gasteiger partial charge in [0.2, 0.25) is 0 Å². The maximum atomic E-state index is 4.38. The Balaban J connectivity index is 2.50. The molecular weight excluding hydrogens is 202 g/mol. The number of benzene rings is 1. The van der Waals surface area contributed by atoms with Crippen LogP contribution in [0.25, 0.3) is 10.9 Å². The average Bonchev–Trinajstić information content (AvgIpc) is 2.28. The number of nitrogens with zero attached hydrogens (tertiary/aromatic N) is 1. The maximum Gasteiger partial charge on any atom is 0.0705 e. The molecule has 1 unspecified atom stereocenters. The molecule has 1 atom stereocenters. The van der Waals surface area contributed by atoms with Crippen LogP contribution >= 0.6 is 11.8 Å². The van der Waals surface area contributed by atoms with Gasteiger partial charge in [0.15, 0.2) is 0 Å². The highest BCUT2D eigenvalue weighted by molar-refractivity contribution is 7.99. The van der Waals surface area contributed by atoms with Crippen LogP contribution in [0.3, 0.4) is 0 Å². The third-order valence-electron chi connectivity index (χ3n) is 2.53. The molecule has 0 aliphatic heterocycles. The van der Waals surface area contributed by atoms with E-state index in [1.807, 2.05) is 24.0 Å². The first kappa shape index (κ1) is 10.5. The lowest BCUT2D eigenvalue weighted by Crippen LogP contribution is -1.91. The standard InChI is InChI=1S/C13H15NS/c1-3-15-10(2)11-6-4-8-13-12(11)7-5-9-14-13/h4-10H,3H2,1-2H3. The lowest BCUT2D eigenvalue weighted by Gasteiger charge is -2.12. The zero-order valence-electron chi connectivity index (χ0n) is 9.10. The van der Waals surface area contributed by atoms with E-state index in [-0.39, 0.29) is 0 Å². The summed E-state index contributed by atoms with van der Waals surface area (Å²) in [6.45, 7) is 4.46. The monoisotopic (exact) mass is 217 g/mol. The van der Waals surface area contributed by atoms with Crippen LogP contribution in [0.1, 0.15) is 24.7 Å². The van der Waals surface area contributed by atoms with Gasteiger partial charge in [-0.1, -0.05) is 25.1 Å². The minimum Gasteiger partial charge on any atom is -0.256 e. The van der Waals surface area contributed by atoms with Gasteiger partial charge in [-0.15, -0.1) is 0 Å². The Morgan fingerprint density at radius 3 is 2.93 bits per heavy atom. The molecule has 0 saturated carbocycles. The first-order valence-electron chi connectivity index (χ1n) is 5.28. The Kier molecular flexibility index (Phi) is 3.27. The van der Waals surface area contributed by atoms with Crippen molar-refractivity contribution < 1.29 is 0 Å². The van der Waals surface area contributed by atoms with Gasteiger partial charge >= 0.3 is 0 Å². The molecule has 0 N–H and O–H groups in total. The van der Waals surface area contributed by atoms with Crippen molar-refractivity contribution in [3.8, 4) is 0 Å². The Morgan fingerprint density at radius 2 is 2.13 bits per heavy atom. The number of rotatable bonds is 3. The fraction of sp³-hybridized carbons (Fsp3) is 0.308. The lowest BCUT2D eigenvalue weighted by molar-refractivity contribution is 1.11. The molecule has 2 rings (SSSR count). The van der Waals surface area contributed by atoms with E-state index < -0.39 is 0 Å². The summed E-state index contributed by atoms with van der Waals surface area (Å²) >= 11 is 1.97. The summed E-state index contributed by atoms with van der Waals surface area (Å²) in [7, 11) is 0. The number of pyridine rings is 1. The molecule has 0 fully saturated rings. The normalized spacial score (nSPS) is 12.9. The third-order valence-corrected chi connectivity index (χ3v) is 3.62. The third kappa shape index (κ3) is 2.15. The first-order chi connectivity index (χ1) is 7.33. The molecule has 1 nitrogen and oxygen atoms in total. The smallest absolute Gasteiger partial charge is 0.0705 e. The summed E-state index contributed by atoms with van der Waals surface area (Å²) in [4.78, 5) is 4.38. The SMILES string of the molecule is CCSC(C)c1cccc2ncccc12. The Hall–Kier alpha value is -1.02. The van der Waals surface area contributed by atoms with E-state index in [2.05, 4.69) is 43.1 Å². The summed E-state index contributed by atoms with van der Waals surface area (Å²) in [6, 6.07) is 10.5. The Morgan fingerprint density at radius 1 is 1.27 bits per heavy atom. The second-order valence-electron chi connectivity index (χ2n) is 3.51. The fourth-order valence-electron chi connectivity index (χ4n) is 1.82. The summed E-state index contributed by atoms with van der Waals surface area (Å²) < 4.78 is 0. The van der Waals surface area contributed by atoms with E-state index in [0.29, 0.717) is 5.25 Å². The highest BCUT2D eigenvalue weighted by atomic mass is 32.2. The molecule has 15 heavy (non-hydrogen) atoms. The lowest BCUT2D eigenvalue weighted by atomic mass is 10.1. The Bertz CT molecular complexity index is 448. The zero-order valence-corrected chi connectivity index (χ0v) is 9.92. The molecule has 0 radical (unpaired) electrons.